The van der Waals surface area contributed by atoms with Gasteiger partial charge in [-0.3, -0.25) is 9.44 Å². The summed E-state index contributed by atoms with van der Waals surface area (Å²) in [4.78, 5) is -1.86. The van der Waals surface area contributed by atoms with Crippen molar-refractivity contribution in [1.82, 2.24) is 0 Å². The zero-order valence-electron chi connectivity index (χ0n) is 23.0. The summed E-state index contributed by atoms with van der Waals surface area (Å²) in [7, 11) is -18.6. The second-order valence-corrected chi connectivity index (χ2v) is 15.6. The molecule has 0 saturated carbocycles. The molecule has 0 radical (unpaired) electrons. The van der Waals surface area contributed by atoms with E-state index in [4.69, 9.17) is 0 Å². The number of anilines is 2. The fourth-order valence-electron chi connectivity index (χ4n) is 3.95. The molecule has 12 nitrogen and oxygen atoms in total. The van der Waals surface area contributed by atoms with Crippen molar-refractivity contribution in [2.24, 2.45) is 0 Å². The van der Waals surface area contributed by atoms with Crippen LogP contribution in [0.4, 0.5) is 11.4 Å². The lowest BCUT2D eigenvalue weighted by Crippen LogP contribution is -2.14. The van der Waals surface area contributed by atoms with E-state index in [2.05, 4.69) is 9.44 Å². The van der Waals surface area contributed by atoms with E-state index < -0.39 is 50.1 Å². The molecule has 0 aliphatic heterocycles. The molecule has 0 atom stereocenters. The van der Waals surface area contributed by atoms with Crippen LogP contribution < -0.4 is 9.44 Å². The molecule has 0 fully saturated rings. The highest BCUT2D eigenvalue weighted by atomic mass is 32.2. The van der Waals surface area contributed by atoms with E-state index in [1.54, 1.807) is 38.1 Å². The SMILES string of the molecule is Cc1ccc(S(=O)(=O)Nc2ccc(/C=C/c3ccc(NS(=O)(=O)c4ccc(C)cc4)cc3S(=O)(=O)[O-])c(S(=O)(=O)[O-])c2)cc1. The maximum atomic E-state index is 12.7. The van der Waals surface area contributed by atoms with E-state index in [1.807, 2.05) is 0 Å². The van der Waals surface area contributed by atoms with Gasteiger partial charge in [0.15, 0.2) is 0 Å². The Labute approximate surface area is 255 Å². The van der Waals surface area contributed by atoms with E-state index in [0.717, 1.165) is 47.5 Å². The molecule has 0 heterocycles. The molecule has 0 aliphatic rings. The van der Waals surface area contributed by atoms with Gasteiger partial charge < -0.3 is 9.11 Å². The highest BCUT2D eigenvalue weighted by molar-refractivity contribution is 7.93. The molecule has 0 amide bonds. The highest BCUT2D eigenvalue weighted by Gasteiger charge is 2.18. The van der Waals surface area contributed by atoms with Gasteiger partial charge in [-0.25, -0.2) is 33.7 Å². The number of aryl methyl sites for hydroxylation is 2. The Balaban J connectivity index is 1.68. The predicted molar refractivity (Wildman–Crippen MR) is 162 cm³/mol. The van der Waals surface area contributed by atoms with E-state index in [1.165, 1.54) is 36.4 Å². The Kier molecular flexibility index (Phi) is 9.06. The Morgan fingerprint density at radius 1 is 0.500 bits per heavy atom. The van der Waals surface area contributed by atoms with Gasteiger partial charge in [-0.05, 0) is 73.5 Å². The molecule has 0 aliphatic carbocycles. The summed E-state index contributed by atoms with van der Waals surface area (Å²) < 4.78 is 128. The maximum Gasteiger partial charge on any atom is 0.261 e. The van der Waals surface area contributed by atoms with Crippen molar-refractivity contribution in [1.29, 1.82) is 0 Å². The molecule has 0 saturated heterocycles. The largest absolute Gasteiger partial charge is 0.744 e. The molecule has 44 heavy (non-hydrogen) atoms. The van der Waals surface area contributed by atoms with Gasteiger partial charge in [0.1, 0.15) is 20.2 Å². The molecule has 0 aromatic heterocycles. The van der Waals surface area contributed by atoms with Crippen molar-refractivity contribution in [2.75, 3.05) is 9.44 Å². The number of hydrogen-bond acceptors (Lipinski definition) is 10. The zero-order chi connectivity index (χ0) is 32.5. The summed E-state index contributed by atoms with van der Waals surface area (Å²) in [5, 5.41) is 0. The second kappa shape index (κ2) is 12.1. The predicted octanol–water partition coefficient (Wildman–Crippen LogP) is 3.88. The Morgan fingerprint density at radius 3 is 1.11 bits per heavy atom. The second-order valence-electron chi connectivity index (χ2n) is 9.58. The van der Waals surface area contributed by atoms with Crippen molar-refractivity contribution in [3.8, 4) is 0 Å². The molecule has 4 aromatic carbocycles. The average Bonchev–Trinajstić information content (AvgIpc) is 2.92. The summed E-state index contributed by atoms with van der Waals surface area (Å²) >= 11 is 0. The summed E-state index contributed by atoms with van der Waals surface area (Å²) in [6, 6.07) is 17.9. The van der Waals surface area contributed by atoms with Crippen LogP contribution in [0.15, 0.2) is 105 Å². The van der Waals surface area contributed by atoms with Crippen molar-refractivity contribution >= 4 is 63.8 Å². The molecule has 4 aromatic rings. The minimum absolute atomic E-state index is 0.102. The first-order valence-corrected chi connectivity index (χ1v) is 18.2. The van der Waals surface area contributed by atoms with Gasteiger partial charge in [-0.2, -0.15) is 0 Å². The third kappa shape index (κ3) is 7.90. The van der Waals surface area contributed by atoms with Crippen molar-refractivity contribution in [3.63, 3.8) is 0 Å². The smallest absolute Gasteiger partial charge is 0.261 e. The number of sulfonamides is 2. The first kappa shape index (κ1) is 32.8. The van der Waals surface area contributed by atoms with Crippen LogP contribution >= 0.6 is 0 Å². The maximum absolute atomic E-state index is 12.7. The molecule has 4 rings (SSSR count). The van der Waals surface area contributed by atoms with Gasteiger partial charge in [0, 0.05) is 0 Å². The van der Waals surface area contributed by atoms with Crippen molar-refractivity contribution in [2.45, 2.75) is 33.4 Å². The van der Waals surface area contributed by atoms with Crippen LogP contribution in [0.5, 0.6) is 0 Å². The minimum Gasteiger partial charge on any atom is -0.744 e. The Morgan fingerprint density at radius 2 is 0.818 bits per heavy atom. The van der Waals surface area contributed by atoms with Crippen LogP contribution in [-0.4, -0.2) is 42.8 Å². The van der Waals surface area contributed by atoms with Gasteiger partial charge in [0.2, 0.25) is 0 Å². The summed E-state index contributed by atoms with van der Waals surface area (Å²) in [5.74, 6) is 0. The van der Waals surface area contributed by atoms with Gasteiger partial charge >= 0.3 is 0 Å². The molecule has 16 heteroatoms. The molecule has 0 unspecified atom stereocenters. The molecule has 2 N–H and O–H groups in total. The van der Waals surface area contributed by atoms with E-state index in [-0.39, 0.29) is 32.3 Å². The molecule has 232 valence electrons. The van der Waals surface area contributed by atoms with E-state index in [9.17, 15) is 42.8 Å². The minimum atomic E-state index is -5.17. The third-order valence-electron chi connectivity index (χ3n) is 6.18. The first-order valence-electron chi connectivity index (χ1n) is 12.4. The van der Waals surface area contributed by atoms with Crippen LogP contribution in [0.1, 0.15) is 22.3 Å². The van der Waals surface area contributed by atoms with E-state index >= 15 is 0 Å². The number of hydrogen-bond donors (Lipinski definition) is 2. The van der Waals surface area contributed by atoms with E-state index in [0.29, 0.717) is 0 Å². The fraction of sp³-hybridized carbons (Fsp3) is 0.0714. The van der Waals surface area contributed by atoms with Crippen molar-refractivity contribution in [3.05, 3.63) is 107 Å². The van der Waals surface area contributed by atoms with Crippen LogP contribution in [-0.2, 0) is 40.3 Å². The van der Waals surface area contributed by atoms with Crippen LogP contribution in [0.3, 0.4) is 0 Å². The monoisotopic (exact) mass is 676 g/mol. The van der Waals surface area contributed by atoms with Crippen LogP contribution in [0.2, 0.25) is 0 Å². The van der Waals surface area contributed by atoms with Gasteiger partial charge in [-0.15, -0.1) is 0 Å². The topological polar surface area (TPSA) is 207 Å². The van der Waals surface area contributed by atoms with Crippen LogP contribution in [0, 0.1) is 13.8 Å². The fourth-order valence-corrected chi connectivity index (χ4v) is 7.44. The number of benzene rings is 4. The zero-order valence-corrected chi connectivity index (χ0v) is 26.2. The van der Waals surface area contributed by atoms with Crippen molar-refractivity contribution < 1.29 is 42.8 Å². The van der Waals surface area contributed by atoms with Gasteiger partial charge in [-0.1, -0.05) is 59.7 Å². The molecular weight excluding hydrogens is 653 g/mol. The van der Waals surface area contributed by atoms with Gasteiger partial charge in [0.05, 0.1) is 31.0 Å². The average molecular weight is 677 g/mol. The lowest BCUT2D eigenvalue weighted by Gasteiger charge is -2.15. The van der Waals surface area contributed by atoms with Gasteiger partial charge in [0.25, 0.3) is 20.0 Å². The molecule has 0 spiro atoms. The number of nitrogens with one attached hydrogen (secondary N) is 2. The standard InChI is InChI=1S/C28H26N2O10S4/c1-19-3-13-25(14-4-19)41(31,32)29-23-11-9-21(27(17-23)43(35,36)37)7-8-22-10-12-24(18-28(22)44(38,39)40)30-42(33,34)26-15-5-20(2)6-16-26/h3-18,29-30H,1-2H3,(H,35,36,37)(H,38,39,40)/p-2/b8-7+. The first-order chi connectivity index (χ1) is 20.3. The Bertz CT molecular complexity index is 2040. The Hall–Kier alpha value is -4.06. The lowest BCUT2D eigenvalue weighted by atomic mass is 10.1. The summed E-state index contributed by atoms with van der Waals surface area (Å²) in [6.45, 7) is 3.53. The summed E-state index contributed by atoms with van der Waals surface area (Å²) in [5.41, 5.74) is 0.681. The number of rotatable bonds is 10. The quantitative estimate of drug-likeness (QED) is 0.183. The third-order valence-corrected chi connectivity index (χ3v) is 10.8. The van der Waals surface area contributed by atoms with Crippen LogP contribution in [0.25, 0.3) is 12.2 Å². The lowest BCUT2D eigenvalue weighted by molar-refractivity contribution is 0.460. The molecular formula is C28H24N2O10S4-2. The highest BCUT2D eigenvalue weighted by Crippen LogP contribution is 2.28. The normalized spacial score (nSPS) is 12.7. The summed E-state index contributed by atoms with van der Waals surface area (Å²) in [6.07, 6.45) is 2.09. The molecule has 0 bridgehead atoms.